The second kappa shape index (κ2) is 9.59. The number of aromatic amines is 1. The van der Waals surface area contributed by atoms with Crippen LogP contribution in [0.25, 0.3) is 22.6 Å². The molecule has 4 aromatic rings. The molecule has 3 N–H and O–H groups in total. The summed E-state index contributed by atoms with van der Waals surface area (Å²) in [7, 11) is 1.74. The summed E-state index contributed by atoms with van der Waals surface area (Å²) in [5.41, 5.74) is 0.881. The Kier molecular flexibility index (Phi) is 6.91. The average Bonchev–Trinajstić information content (AvgIpc) is 3.46. The molecule has 0 saturated carbocycles. The van der Waals surface area contributed by atoms with E-state index in [1.165, 1.54) is 0 Å². The fraction of sp³-hybridized carbons (Fsp3) is 0.250. The zero-order chi connectivity index (χ0) is 19.3. The zero-order valence-electron chi connectivity index (χ0n) is 16.2. The van der Waals surface area contributed by atoms with Crippen LogP contribution in [-0.4, -0.2) is 34.7 Å². The highest BCUT2D eigenvalue weighted by Crippen LogP contribution is 2.23. The number of nitrogens with one attached hydrogen (secondary N) is 3. The molecule has 0 radical (unpaired) electrons. The minimum atomic E-state index is -0.0190. The van der Waals surface area contributed by atoms with E-state index < -0.39 is 0 Å². The van der Waals surface area contributed by atoms with Gasteiger partial charge in [-0.15, -0.1) is 24.0 Å². The normalized spacial score (nSPS) is 12.6. The molecule has 0 aliphatic carbocycles. The fourth-order valence-corrected chi connectivity index (χ4v) is 2.91. The fourth-order valence-electron chi connectivity index (χ4n) is 2.91. The SMILES string of the molecule is CN=C(NCCc1nc(-c2ccco2)n[nH]1)NC(C)c1cc2ccccc2o1.I. The van der Waals surface area contributed by atoms with E-state index in [-0.39, 0.29) is 30.0 Å². The highest BCUT2D eigenvalue weighted by molar-refractivity contribution is 14.0. The number of furan rings is 2. The largest absolute Gasteiger partial charge is 0.461 e. The van der Waals surface area contributed by atoms with Crippen molar-refractivity contribution >= 4 is 40.9 Å². The summed E-state index contributed by atoms with van der Waals surface area (Å²) in [4.78, 5) is 8.71. The number of rotatable bonds is 6. The Bertz CT molecular complexity index is 1040. The molecular formula is C20H23IN6O2. The van der Waals surface area contributed by atoms with Gasteiger partial charge in [0.25, 0.3) is 0 Å². The molecule has 0 bridgehead atoms. The molecule has 3 heterocycles. The molecule has 0 aliphatic heterocycles. The van der Waals surface area contributed by atoms with Crippen LogP contribution < -0.4 is 10.6 Å². The third kappa shape index (κ3) is 4.97. The summed E-state index contributed by atoms with van der Waals surface area (Å²) in [5, 5.41) is 14.8. The van der Waals surface area contributed by atoms with Crippen molar-refractivity contribution in [3.8, 4) is 11.6 Å². The van der Waals surface area contributed by atoms with Gasteiger partial charge in [-0.1, -0.05) is 18.2 Å². The highest BCUT2D eigenvalue weighted by atomic mass is 127. The van der Waals surface area contributed by atoms with Crippen LogP contribution in [0, 0.1) is 0 Å². The van der Waals surface area contributed by atoms with Gasteiger partial charge in [-0.05, 0) is 31.2 Å². The van der Waals surface area contributed by atoms with Crippen LogP contribution in [0.15, 0.2) is 62.6 Å². The van der Waals surface area contributed by atoms with Gasteiger partial charge in [0, 0.05) is 25.4 Å². The van der Waals surface area contributed by atoms with Crippen LogP contribution in [0.3, 0.4) is 0 Å². The molecule has 0 aliphatic rings. The van der Waals surface area contributed by atoms with Crippen molar-refractivity contribution in [1.29, 1.82) is 0 Å². The van der Waals surface area contributed by atoms with Crippen molar-refractivity contribution in [3.63, 3.8) is 0 Å². The summed E-state index contributed by atoms with van der Waals surface area (Å²) in [6.45, 7) is 2.69. The van der Waals surface area contributed by atoms with Crippen molar-refractivity contribution in [1.82, 2.24) is 25.8 Å². The predicted molar refractivity (Wildman–Crippen MR) is 122 cm³/mol. The minimum Gasteiger partial charge on any atom is -0.461 e. The van der Waals surface area contributed by atoms with E-state index in [1.807, 2.05) is 49.4 Å². The van der Waals surface area contributed by atoms with Crippen LogP contribution in [0.4, 0.5) is 0 Å². The Morgan fingerprint density at radius 3 is 2.86 bits per heavy atom. The summed E-state index contributed by atoms with van der Waals surface area (Å²) in [5.74, 6) is 3.54. The van der Waals surface area contributed by atoms with E-state index in [0.29, 0.717) is 30.5 Å². The van der Waals surface area contributed by atoms with E-state index in [1.54, 1.807) is 13.3 Å². The van der Waals surface area contributed by atoms with Gasteiger partial charge in [-0.3, -0.25) is 10.1 Å². The lowest BCUT2D eigenvalue weighted by molar-refractivity contribution is 0.488. The molecule has 0 fully saturated rings. The number of aliphatic imine (C=N–C) groups is 1. The average molecular weight is 506 g/mol. The first kappa shape index (κ1) is 20.9. The number of para-hydroxylation sites is 1. The van der Waals surface area contributed by atoms with Crippen LogP contribution in [-0.2, 0) is 6.42 Å². The Morgan fingerprint density at radius 2 is 2.10 bits per heavy atom. The van der Waals surface area contributed by atoms with Crippen LogP contribution in [0.2, 0.25) is 0 Å². The lowest BCUT2D eigenvalue weighted by Gasteiger charge is -2.15. The third-order valence-corrected chi connectivity index (χ3v) is 4.38. The van der Waals surface area contributed by atoms with Crippen molar-refractivity contribution in [2.24, 2.45) is 4.99 Å². The van der Waals surface area contributed by atoms with Gasteiger partial charge >= 0.3 is 0 Å². The number of halogens is 1. The summed E-state index contributed by atoms with van der Waals surface area (Å²) in [6.07, 6.45) is 2.28. The highest BCUT2D eigenvalue weighted by Gasteiger charge is 2.13. The van der Waals surface area contributed by atoms with Crippen LogP contribution in [0.1, 0.15) is 24.6 Å². The number of fused-ring (bicyclic) bond motifs is 1. The second-order valence-corrected chi connectivity index (χ2v) is 6.38. The van der Waals surface area contributed by atoms with Gasteiger partial charge in [-0.25, -0.2) is 4.98 Å². The van der Waals surface area contributed by atoms with Gasteiger partial charge in [0.15, 0.2) is 11.7 Å². The summed E-state index contributed by atoms with van der Waals surface area (Å²) < 4.78 is 11.2. The van der Waals surface area contributed by atoms with Crippen molar-refractivity contribution < 1.29 is 8.83 Å². The van der Waals surface area contributed by atoms with Crippen molar-refractivity contribution in [2.45, 2.75) is 19.4 Å². The molecule has 4 rings (SSSR count). The van der Waals surface area contributed by atoms with Crippen LogP contribution >= 0.6 is 24.0 Å². The van der Waals surface area contributed by atoms with Gasteiger partial charge in [-0.2, -0.15) is 5.10 Å². The van der Waals surface area contributed by atoms with Crippen molar-refractivity contribution in [2.75, 3.05) is 13.6 Å². The zero-order valence-corrected chi connectivity index (χ0v) is 18.5. The molecule has 152 valence electrons. The minimum absolute atomic E-state index is 0. The topological polar surface area (TPSA) is 104 Å². The molecular weight excluding hydrogens is 483 g/mol. The first-order chi connectivity index (χ1) is 13.7. The number of guanidine groups is 1. The lowest BCUT2D eigenvalue weighted by atomic mass is 10.2. The first-order valence-corrected chi connectivity index (χ1v) is 9.14. The summed E-state index contributed by atoms with van der Waals surface area (Å²) in [6, 6.07) is 13.6. The number of H-pyrrole nitrogens is 1. The number of hydrogen-bond donors (Lipinski definition) is 3. The van der Waals surface area contributed by atoms with E-state index in [0.717, 1.165) is 22.6 Å². The smallest absolute Gasteiger partial charge is 0.216 e. The van der Waals surface area contributed by atoms with E-state index in [4.69, 9.17) is 8.83 Å². The third-order valence-electron chi connectivity index (χ3n) is 4.38. The van der Waals surface area contributed by atoms with Gasteiger partial charge in [0.1, 0.15) is 17.2 Å². The van der Waals surface area contributed by atoms with Gasteiger partial charge in [0.05, 0.1) is 12.3 Å². The Balaban J connectivity index is 0.00000240. The number of aromatic nitrogens is 3. The summed E-state index contributed by atoms with van der Waals surface area (Å²) >= 11 is 0. The molecule has 0 spiro atoms. The Morgan fingerprint density at radius 1 is 1.24 bits per heavy atom. The van der Waals surface area contributed by atoms with E-state index >= 15 is 0 Å². The molecule has 9 heteroatoms. The maximum absolute atomic E-state index is 5.91. The Hall–Kier alpha value is -2.82. The Labute approximate surface area is 185 Å². The molecule has 1 atom stereocenters. The number of benzene rings is 1. The molecule has 0 saturated heterocycles. The van der Waals surface area contributed by atoms with Gasteiger partial charge in [0.2, 0.25) is 5.82 Å². The molecule has 0 amide bonds. The maximum atomic E-state index is 5.91. The quantitative estimate of drug-likeness (QED) is 0.208. The molecule has 8 nitrogen and oxygen atoms in total. The molecule has 29 heavy (non-hydrogen) atoms. The standard InChI is InChI=1S/C20H22N6O2.HI/c1-13(17-12-14-6-3-4-7-15(14)28-17)23-20(21-2)22-10-9-18-24-19(26-25-18)16-8-5-11-27-16;/h3-8,11-13H,9-10H2,1-2H3,(H2,21,22,23)(H,24,25,26);1H. The molecule has 1 unspecified atom stereocenters. The maximum Gasteiger partial charge on any atom is 0.216 e. The first-order valence-electron chi connectivity index (χ1n) is 9.14. The number of nitrogens with zero attached hydrogens (tertiary/aromatic N) is 3. The van der Waals surface area contributed by atoms with Gasteiger partial charge < -0.3 is 19.5 Å². The number of hydrogen-bond acceptors (Lipinski definition) is 5. The van der Waals surface area contributed by atoms with E-state index in [9.17, 15) is 0 Å². The monoisotopic (exact) mass is 506 g/mol. The second-order valence-electron chi connectivity index (χ2n) is 6.38. The van der Waals surface area contributed by atoms with E-state index in [2.05, 4.69) is 30.8 Å². The molecule has 1 aromatic carbocycles. The van der Waals surface area contributed by atoms with Crippen LogP contribution in [0.5, 0.6) is 0 Å². The lowest BCUT2D eigenvalue weighted by Crippen LogP contribution is -2.39. The predicted octanol–water partition coefficient (Wildman–Crippen LogP) is 3.90. The molecule has 3 aromatic heterocycles. The van der Waals surface area contributed by atoms with Crippen molar-refractivity contribution in [3.05, 3.63) is 60.3 Å².